The maximum Gasteiger partial charge on any atom is 0.416 e. The van der Waals surface area contributed by atoms with Gasteiger partial charge in [0.15, 0.2) is 0 Å². The molecule has 0 saturated carbocycles. The predicted molar refractivity (Wildman–Crippen MR) is 124 cm³/mol. The molecule has 0 bridgehead atoms. The number of amides is 2. The van der Waals surface area contributed by atoms with Gasteiger partial charge in [0, 0.05) is 37.1 Å². The van der Waals surface area contributed by atoms with Crippen molar-refractivity contribution >= 4 is 11.8 Å². The van der Waals surface area contributed by atoms with E-state index in [0.717, 1.165) is 35.5 Å². The van der Waals surface area contributed by atoms with Gasteiger partial charge in [-0.25, -0.2) is 0 Å². The van der Waals surface area contributed by atoms with E-state index in [1.54, 1.807) is 18.7 Å². The number of hydrogen-bond donors (Lipinski definition) is 0. The Morgan fingerprint density at radius 2 is 1.56 bits per heavy atom. The van der Waals surface area contributed by atoms with Crippen LogP contribution in [0.15, 0.2) is 72.9 Å². The normalized spacial score (nSPS) is 11.5. The lowest BCUT2D eigenvalue weighted by Gasteiger charge is -2.30. The molecule has 3 rings (SSSR count). The third-order valence-corrected chi connectivity index (χ3v) is 5.62. The Morgan fingerprint density at radius 1 is 0.912 bits per heavy atom. The van der Waals surface area contributed by atoms with Gasteiger partial charge in [-0.1, -0.05) is 30.3 Å². The molecule has 5 nitrogen and oxygen atoms in total. The first-order chi connectivity index (χ1) is 16.1. The van der Waals surface area contributed by atoms with Gasteiger partial charge >= 0.3 is 6.18 Å². The first kappa shape index (κ1) is 25.1. The molecular formula is C26H28F3N3O2. The quantitative estimate of drug-likeness (QED) is 0.458. The largest absolute Gasteiger partial charge is 0.416 e. The Morgan fingerprint density at radius 3 is 2.09 bits per heavy atom. The highest BCUT2D eigenvalue weighted by molar-refractivity contribution is 5.96. The van der Waals surface area contributed by atoms with Gasteiger partial charge in [0.1, 0.15) is 6.54 Å². The fraction of sp³-hybridized carbons (Fsp3) is 0.308. The van der Waals surface area contributed by atoms with Crippen molar-refractivity contribution in [2.24, 2.45) is 7.05 Å². The number of halogens is 3. The van der Waals surface area contributed by atoms with Gasteiger partial charge < -0.3 is 14.4 Å². The summed E-state index contributed by atoms with van der Waals surface area (Å²) in [6.07, 6.45) is -2.58. The van der Waals surface area contributed by atoms with Gasteiger partial charge in [0.2, 0.25) is 5.91 Å². The van der Waals surface area contributed by atoms with Crippen LogP contribution in [0.2, 0.25) is 0 Å². The number of carbonyl (C=O) groups is 2. The van der Waals surface area contributed by atoms with Crippen molar-refractivity contribution in [3.8, 4) is 0 Å². The second-order valence-corrected chi connectivity index (χ2v) is 8.45. The fourth-order valence-corrected chi connectivity index (χ4v) is 3.59. The molecule has 0 radical (unpaired) electrons. The average molecular weight is 472 g/mol. The molecule has 0 aliphatic carbocycles. The zero-order chi connectivity index (χ0) is 24.9. The van der Waals surface area contributed by atoms with Crippen LogP contribution in [-0.4, -0.2) is 38.8 Å². The van der Waals surface area contributed by atoms with Gasteiger partial charge in [-0.15, -0.1) is 0 Å². The van der Waals surface area contributed by atoms with Crippen LogP contribution in [0.25, 0.3) is 0 Å². The van der Waals surface area contributed by atoms with Crippen molar-refractivity contribution in [2.45, 2.75) is 39.2 Å². The van der Waals surface area contributed by atoms with Gasteiger partial charge in [-0.2, -0.15) is 13.2 Å². The number of aromatic nitrogens is 1. The molecule has 2 aromatic carbocycles. The van der Waals surface area contributed by atoms with Crippen molar-refractivity contribution in [3.05, 3.63) is 95.3 Å². The molecule has 180 valence electrons. The van der Waals surface area contributed by atoms with Crippen LogP contribution < -0.4 is 0 Å². The minimum atomic E-state index is -4.48. The maximum atomic E-state index is 13.4. The summed E-state index contributed by atoms with van der Waals surface area (Å²) in [4.78, 5) is 29.6. The number of carbonyl (C=O) groups excluding carboxylic acids is 2. The molecule has 0 atom stereocenters. The highest BCUT2D eigenvalue weighted by Gasteiger charge is 2.31. The van der Waals surface area contributed by atoms with E-state index in [2.05, 4.69) is 0 Å². The van der Waals surface area contributed by atoms with E-state index >= 15 is 0 Å². The summed E-state index contributed by atoms with van der Waals surface area (Å²) >= 11 is 0. The summed E-state index contributed by atoms with van der Waals surface area (Å²) in [7, 11) is 1.90. The maximum absolute atomic E-state index is 13.4. The summed E-state index contributed by atoms with van der Waals surface area (Å²) in [5.41, 5.74) is 1.17. The Balaban J connectivity index is 1.81. The molecule has 0 saturated heterocycles. The molecule has 0 spiro atoms. The lowest BCUT2D eigenvalue weighted by Crippen LogP contribution is -2.45. The van der Waals surface area contributed by atoms with E-state index in [1.165, 1.54) is 4.90 Å². The topological polar surface area (TPSA) is 45.6 Å². The number of rotatable bonds is 8. The lowest BCUT2D eigenvalue weighted by molar-refractivity contribution is -0.137. The average Bonchev–Trinajstić information content (AvgIpc) is 3.20. The van der Waals surface area contributed by atoms with Gasteiger partial charge in [0.25, 0.3) is 5.91 Å². The number of nitrogens with zero attached hydrogens (tertiary/aromatic N) is 3. The summed E-state index contributed by atoms with van der Waals surface area (Å²) in [5, 5.41) is 0. The molecular weight excluding hydrogens is 443 g/mol. The van der Waals surface area contributed by atoms with E-state index in [-0.39, 0.29) is 24.1 Å². The second kappa shape index (κ2) is 10.6. The van der Waals surface area contributed by atoms with Crippen molar-refractivity contribution in [1.82, 2.24) is 14.4 Å². The van der Waals surface area contributed by atoms with Crippen LogP contribution in [-0.2, 0) is 31.1 Å². The Kier molecular flexibility index (Phi) is 7.81. The molecule has 3 aromatic rings. The van der Waals surface area contributed by atoms with Crippen LogP contribution in [0.3, 0.4) is 0 Å². The molecule has 1 heterocycles. The Labute approximate surface area is 197 Å². The van der Waals surface area contributed by atoms with Crippen LogP contribution >= 0.6 is 0 Å². The Hall–Kier alpha value is -3.55. The monoisotopic (exact) mass is 471 g/mol. The number of benzene rings is 2. The standard InChI is InChI=1S/C26H28F3N3O2/c1-19(2)32(25(34)21-11-13-22(14-12-21)26(27,28)29)18-24(33)31(16-20-8-5-4-6-9-20)17-23-10-7-15-30(23)3/h4-15,19H,16-18H2,1-3H3. The molecule has 0 aliphatic heterocycles. The minimum absolute atomic E-state index is 0.103. The first-order valence-corrected chi connectivity index (χ1v) is 11.0. The molecule has 0 N–H and O–H groups in total. The second-order valence-electron chi connectivity index (χ2n) is 8.45. The van der Waals surface area contributed by atoms with Crippen LogP contribution in [0.4, 0.5) is 13.2 Å². The van der Waals surface area contributed by atoms with Crippen LogP contribution in [0.1, 0.15) is 41.0 Å². The lowest BCUT2D eigenvalue weighted by atomic mass is 10.1. The van der Waals surface area contributed by atoms with E-state index in [1.807, 2.05) is 60.3 Å². The van der Waals surface area contributed by atoms with E-state index in [4.69, 9.17) is 0 Å². The summed E-state index contributed by atoms with van der Waals surface area (Å²) < 4.78 is 40.6. The summed E-state index contributed by atoms with van der Waals surface area (Å²) in [5.74, 6) is -0.741. The molecule has 2 amide bonds. The molecule has 0 aliphatic rings. The zero-order valence-electron chi connectivity index (χ0n) is 19.4. The van der Waals surface area contributed by atoms with E-state index < -0.39 is 17.6 Å². The molecule has 1 aromatic heterocycles. The zero-order valence-corrected chi connectivity index (χ0v) is 19.4. The van der Waals surface area contributed by atoms with Gasteiger partial charge in [-0.3, -0.25) is 9.59 Å². The highest BCUT2D eigenvalue weighted by atomic mass is 19.4. The van der Waals surface area contributed by atoms with E-state index in [0.29, 0.717) is 13.1 Å². The molecule has 8 heteroatoms. The van der Waals surface area contributed by atoms with Crippen LogP contribution in [0.5, 0.6) is 0 Å². The van der Waals surface area contributed by atoms with Crippen molar-refractivity contribution in [3.63, 3.8) is 0 Å². The van der Waals surface area contributed by atoms with Crippen LogP contribution in [0, 0.1) is 0 Å². The van der Waals surface area contributed by atoms with Gasteiger partial charge in [-0.05, 0) is 55.8 Å². The van der Waals surface area contributed by atoms with Crippen molar-refractivity contribution < 1.29 is 22.8 Å². The fourth-order valence-electron chi connectivity index (χ4n) is 3.59. The van der Waals surface area contributed by atoms with Gasteiger partial charge in [0.05, 0.1) is 12.1 Å². The minimum Gasteiger partial charge on any atom is -0.353 e. The Bertz CT molecular complexity index is 1110. The molecule has 34 heavy (non-hydrogen) atoms. The summed E-state index contributed by atoms with van der Waals surface area (Å²) in [6, 6.07) is 17.1. The number of aryl methyl sites for hydroxylation is 1. The van der Waals surface area contributed by atoms with E-state index in [9.17, 15) is 22.8 Å². The smallest absolute Gasteiger partial charge is 0.353 e. The molecule has 0 fully saturated rings. The molecule has 0 unspecified atom stereocenters. The SMILES string of the molecule is CC(C)N(CC(=O)N(Cc1ccccc1)Cc1cccn1C)C(=O)c1ccc(C(F)(F)F)cc1. The number of hydrogen-bond acceptors (Lipinski definition) is 2. The predicted octanol–water partition coefficient (Wildman–Crippen LogP) is 5.12. The summed E-state index contributed by atoms with van der Waals surface area (Å²) in [6.45, 7) is 4.08. The third-order valence-electron chi connectivity index (χ3n) is 5.62. The first-order valence-electron chi connectivity index (χ1n) is 11.0. The number of alkyl halides is 3. The van der Waals surface area contributed by atoms with Crippen molar-refractivity contribution in [2.75, 3.05) is 6.54 Å². The highest BCUT2D eigenvalue weighted by Crippen LogP contribution is 2.29. The van der Waals surface area contributed by atoms with Crippen molar-refractivity contribution in [1.29, 1.82) is 0 Å². The third kappa shape index (κ3) is 6.27.